The molecule has 0 N–H and O–H groups in total. The monoisotopic (exact) mass is 203 g/mol. The standard InChI is InChI=1S/C5HCl3N.Na/c6-3-1-9-2-4(7)5(3)8;/h1H;/q-1;+1. The Morgan fingerprint density at radius 1 is 1.30 bits per heavy atom. The van der Waals surface area contributed by atoms with Gasteiger partial charge in [0.15, 0.2) is 0 Å². The summed E-state index contributed by atoms with van der Waals surface area (Å²) in [6, 6.07) is 0. The normalized spacial score (nSPS) is 8.70. The minimum absolute atomic E-state index is 0. The molecule has 5 heteroatoms. The van der Waals surface area contributed by atoms with Crippen LogP contribution in [-0.4, -0.2) is 4.98 Å². The fourth-order valence-electron chi connectivity index (χ4n) is 0.356. The van der Waals surface area contributed by atoms with Crippen molar-refractivity contribution in [2.45, 2.75) is 0 Å². The molecule has 0 aliphatic rings. The van der Waals surface area contributed by atoms with Crippen LogP contribution in [0.2, 0.25) is 15.1 Å². The maximum absolute atomic E-state index is 5.54. The molecule has 1 aromatic rings. The Morgan fingerprint density at radius 2 is 1.90 bits per heavy atom. The van der Waals surface area contributed by atoms with E-state index in [1.54, 1.807) is 0 Å². The Kier molecular flexibility index (Phi) is 5.30. The van der Waals surface area contributed by atoms with E-state index < -0.39 is 0 Å². The zero-order valence-electron chi connectivity index (χ0n) is 5.16. The van der Waals surface area contributed by atoms with E-state index in [0.717, 1.165) is 0 Å². The van der Waals surface area contributed by atoms with Crippen LogP contribution < -0.4 is 29.6 Å². The van der Waals surface area contributed by atoms with E-state index in [9.17, 15) is 0 Å². The SMILES string of the molecule is Clc1[c-]ncc(Cl)c1Cl.[Na+]. The molecule has 0 fully saturated rings. The number of nitrogens with zero attached hydrogens (tertiary/aromatic N) is 1. The summed E-state index contributed by atoms with van der Waals surface area (Å²) < 4.78 is 0. The zero-order chi connectivity index (χ0) is 6.85. The summed E-state index contributed by atoms with van der Waals surface area (Å²) in [4.78, 5) is 3.57. The van der Waals surface area contributed by atoms with Gasteiger partial charge in [-0.2, -0.15) is 11.6 Å². The number of hydrogen-bond donors (Lipinski definition) is 0. The molecule has 1 heterocycles. The van der Waals surface area contributed by atoms with Gasteiger partial charge < -0.3 is 4.98 Å². The minimum Gasteiger partial charge on any atom is -0.391 e. The van der Waals surface area contributed by atoms with Crippen molar-refractivity contribution in [2.24, 2.45) is 0 Å². The van der Waals surface area contributed by atoms with Gasteiger partial charge in [-0.15, -0.1) is 23.2 Å². The maximum Gasteiger partial charge on any atom is 1.00 e. The minimum atomic E-state index is 0. The van der Waals surface area contributed by atoms with Crippen LogP contribution in [0.3, 0.4) is 0 Å². The molecule has 1 nitrogen and oxygen atoms in total. The molecule has 0 spiro atoms. The fraction of sp³-hybridized carbons (Fsp3) is 0. The number of halogens is 3. The summed E-state index contributed by atoms with van der Waals surface area (Å²) in [5.41, 5.74) is 0. The zero-order valence-corrected chi connectivity index (χ0v) is 9.43. The average Bonchev–Trinajstić information content (AvgIpc) is 1.83. The van der Waals surface area contributed by atoms with Gasteiger partial charge in [0.1, 0.15) is 0 Å². The number of rotatable bonds is 0. The van der Waals surface area contributed by atoms with Crippen LogP contribution >= 0.6 is 34.8 Å². The molecular weight excluding hydrogens is 203 g/mol. The first-order valence-corrected chi connectivity index (χ1v) is 3.22. The second-order valence-electron chi connectivity index (χ2n) is 1.35. The molecule has 0 atom stereocenters. The van der Waals surface area contributed by atoms with E-state index in [-0.39, 0.29) is 34.6 Å². The van der Waals surface area contributed by atoms with Crippen LogP contribution in [-0.2, 0) is 0 Å². The Balaban J connectivity index is 0.000000810. The van der Waals surface area contributed by atoms with Crippen molar-refractivity contribution in [3.63, 3.8) is 0 Å². The van der Waals surface area contributed by atoms with Crippen molar-refractivity contribution in [1.82, 2.24) is 4.98 Å². The van der Waals surface area contributed by atoms with E-state index in [1.165, 1.54) is 6.20 Å². The van der Waals surface area contributed by atoms with Crippen molar-refractivity contribution >= 4 is 34.8 Å². The van der Waals surface area contributed by atoms with Gasteiger partial charge in [0.25, 0.3) is 0 Å². The summed E-state index contributed by atoms with van der Waals surface area (Å²) >= 11 is 16.5. The summed E-state index contributed by atoms with van der Waals surface area (Å²) in [5.74, 6) is 0. The van der Waals surface area contributed by atoms with Gasteiger partial charge in [-0.1, -0.05) is 12.4 Å². The second kappa shape index (κ2) is 4.81. The van der Waals surface area contributed by atoms with Gasteiger partial charge in [0, 0.05) is 0 Å². The molecule has 0 aromatic carbocycles. The largest absolute Gasteiger partial charge is 1.00 e. The first kappa shape index (κ1) is 11.0. The summed E-state index contributed by atoms with van der Waals surface area (Å²) in [5, 5.41) is 0.901. The predicted octanol–water partition coefficient (Wildman–Crippen LogP) is -0.154. The molecule has 1 aromatic heterocycles. The molecule has 0 radical (unpaired) electrons. The quantitative estimate of drug-likeness (QED) is 0.423. The van der Waals surface area contributed by atoms with Crippen molar-refractivity contribution in [1.29, 1.82) is 0 Å². The molecule has 0 aliphatic heterocycles. The molecule has 48 valence electrons. The van der Waals surface area contributed by atoms with Gasteiger partial charge in [-0.05, 0) is 15.1 Å². The van der Waals surface area contributed by atoms with Crippen molar-refractivity contribution in [2.75, 3.05) is 0 Å². The van der Waals surface area contributed by atoms with Crippen LogP contribution in [0.25, 0.3) is 0 Å². The fourth-order valence-corrected chi connectivity index (χ4v) is 0.790. The Labute approximate surface area is 96.0 Å². The summed E-state index contributed by atoms with van der Waals surface area (Å²) in [6.45, 7) is 0. The molecule has 0 aliphatic carbocycles. The van der Waals surface area contributed by atoms with E-state index >= 15 is 0 Å². The van der Waals surface area contributed by atoms with Gasteiger partial charge in [0.05, 0.1) is 0 Å². The van der Waals surface area contributed by atoms with E-state index in [4.69, 9.17) is 34.8 Å². The molecule has 0 bridgehead atoms. The second-order valence-corrected chi connectivity index (χ2v) is 2.51. The summed E-state index contributed by atoms with van der Waals surface area (Å²) in [7, 11) is 0. The van der Waals surface area contributed by atoms with Crippen LogP contribution in [0.4, 0.5) is 0 Å². The topological polar surface area (TPSA) is 12.9 Å². The van der Waals surface area contributed by atoms with Gasteiger partial charge in [0.2, 0.25) is 0 Å². The van der Waals surface area contributed by atoms with Crippen LogP contribution in [0, 0.1) is 6.20 Å². The van der Waals surface area contributed by atoms with Gasteiger partial charge >= 0.3 is 29.6 Å². The third kappa shape index (κ3) is 2.57. The maximum atomic E-state index is 5.54. The number of aromatic nitrogens is 1. The predicted molar refractivity (Wildman–Crippen MR) is 38.1 cm³/mol. The molecule has 0 saturated heterocycles. The average molecular weight is 204 g/mol. The molecule has 1 rings (SSSR count). The summed E-state index contributed by atoms with van der Waals surface area (Å²) in [6.07, 6.45) is 3.82. The molecule has 0 amide bonds. The smallest absolute Gasteiger partial charge is 0.391 e. The van der Waals surface area contributed by atoms with Crippen molar-refractivity contribution in [3.8, 4) is 0 Å². The number of pyridine rings is 1. The van der Waals surface area contributed by atoms with E-state index in [0.29, 0.717) is 10.0 Å². The van der Waals surface area contributed by atoms with Crippen molar-refractivity contribution < 1.29 is 29.6 Å². The van der Waals surface area contributed by atoms with Crippen LogP contribution in [0.5, 0.6) is 0 Å². The molecule has 0 unspecified atom stereocenters. The van der Waals surface area contributed by atoms with Crippen LogP contribution in [0.1, 0.15) is 0 Å². The first-order valence-electron chi connectivity index (χ1n) is 2.09. The molecule has 10 heavy (non-hydrogen) atoms. The molecular formula is C5HCl3NNa. The Morgan fingerprint density at radius 3 is 2.30 bits per heavy atom. The first-order chi connectivity index (χ1) is 4.22. The van der Waals surface area contributed by atoms with Gasteiger partial charge in [-0.3, -0.25) is 0 Å². The van der Waals surface area contributed by atoms with E-state index in [2.05, 4.69) is 11.2 Å². The van der Waals surface area contributed by atoms with Gasteiger partial charge in [-0.25, -0.2) is 0 Å². The molecule has 0 saturated carbocycles. The third-order valence-electron chi connectivity index (χ3n) is 0.743. The van der Waals surface area contributed by atoms with Crippen molar-refractivity contribution in [3.05, 3.63) is 27.5 Å². The van der Waals surface area contributed by atoms with Crippen LogP contribution in [0.15, 0.2) is 6.20 Å². The number of hydrogen-bond acceptors (Lipinski definition) is 1. The van der Waals surface area contributed by atoms with E-state index in [1.807, 2.05) is 0 Å². The Hall–Kier alpha value is 1.02. The third-order valence-corrected chi connectivity index (χ3v) is 1.89. The Bertz CT molecular complexity index is 208.